The van der Waals surface area contributed by atoms with E-state index in [4.69, 9.17) is 9.47 Å². The SMILES string of the molecule is COC(=O)CC[C@@H](C)C1=CCC2C3CC[C@@H]4C[C@@H](OC(C)=O)CC[C@]4(C)C3=CC(=O)[C@]12C. The normalized spacial score (nSPS) is 39.1. The molecule has 0 aromatic carbocycles. The summed E-state index contributed by atoms with van der Waals surface area (Å²) in [5.74, 6) is 1.26. The molecule has 4 aliphatic rings. The molecule has 0 saturated heterocycles. The zero-order valence-electron chi connectivity index (χ0n) is 20.2. The number of methoxy groups -OCH3 is 1. The molecular formula is C27H38O5. The van der Waals surface area contributed by atoms with Crippen molar-refractivity contribution < 1.29 is 23.9 Å². The number of hydrogen-bond donors (Lipinski definition) is 0. The van der Waals surface area contributed by atoms with Gasteiger partial charge in [-0.15, -0.1) is 0 Å². The number of esters is 2. The second-order valence-electron chi connectivity index (χ2n) is 11.0. The molecule has 0 radical (unpaired) electrons. The van der Waals surface area contributed by atoms with Gasteiger partial charge in [0.1, 0.15) is 6.10 Å². The third-order valence-corrected chi connectivity index (χ3v) is 9.41. The molecule has 0 amide bonds. The molecule has 2 unspecified atom stereocenters. The van der Waals surface area contributed by atoms with Crippen LogP contribution in [0.5, 0.6) is 0 Å². The van der Waals surface area contributed by atoms with Gasteiger partial charge >= 0.3 is 11.9 Å². The van der Waals surface area contributed by atoms with E-state index in [1.54, 1.807) is 0 Å². The first-order valence-electron chi connectivity index (χ1n) is 12.3. The smallest absolute Gasteiger partial charge is 0.305 e. The molecule has 32 heavy (non-hydrogen) atoms. The molecule has 4 aliphatic carbocycles. The predicted molar refractivity (Wildman–Crippen MR) is 122 cm³/mol. The molecule has 0 aromatic heterocycles. The number of fused-ring (bicyclic) bond motifs is 5. The Hall–Kier alpha value is -1.91. The van der Waals surface area contributed by atoms with E-state index in [0.717, 1.165) is 38.5 Å². The molecule has 0 aliphatic heterocycles. The van der Waals surface area contributed by atoms with Crippen molar-refractivity contribution in [3.8, 4) is 0 Å². The number of carbonyl (C=O) groups is 3. The zero-order valence-corrected chi connectivity index (χ0v) is 20.2. The Kier molecular flexibility index (Phi) is 6.15. The van der Waals surface area contributed by atoms with E-state index in [1.165, 1.54) is 25.2 Å². The molecular weight excluding hydrogens is 404 g/mol. The lowest BCUT2D eigenvalue weighted by Gasteiger charge is -2.56. The number of allylic oxidation sites excluding steroid dienone is 4. The summed E-state index contributed by atoms with van der Waals surface area (Å²) in [4.78, 5) is 36.8. The van der Waals surface area contributed by atoms with Crippen LogP contribution in [0.2, 0.25) is 0 Å². The van der Waals surface area contributed by atoms with E-state index in [9.17, 15) is 14.4 Å². The monoisotopic (exact) mass is 442 g/mol. The highest BCUT2D eigenvalue weighted by Gasteiger charge is 2.58. The lowest BCUT2D eigenvalue weighted by Crippen LogP contribution is -2.51. The second-order valence-corrected chi connectivity index (χ2v) is 11.0. The van der Waals surface area contributed by atoms with Crippen LogP contribution in [0.25, 0.3) is 0 Å². The summed E-state index contributed by atoms with van der Waals surface area (Å²) in [6, 6.07) is 0. The van der Waals surface area contributed by atoms with Gasteiger partial charge in [-0.25, -0.2) is 0 Å². The molecule has 0 bridgehead atoms. The Labute approximate surface area is 192 Å². The first kappa shape index (κ1) is 23.3. The summed E-state index contributed by atoms with van der Waals surface area (Å²) in [5, 5.41) is 0. The minimum atomic E-state index is -0.457. The van der Waals surface area contributed by atoms with Crippen molar-refractivity contribution >= 4 is 17.7 Å². The fraction of sp³-hybridized carbons (Fsp3) is 0.741. The average molecular weight is 443 g/mol. The number of ketones is 1. The molecule has 2 saturated carbocycles. The molecule has 176 valence electrons. The van der Waals surface area contributed by atoms with Crippen molar-refractivity contribution in [2.75, 3.05) is 7.11 Å². The highest BCUT2D eigenvalue weighted by molar-refractivity contribution is 5.99. The van der Waals surface area contributed by atoms with Crippen molar-refractivity contribution in [1.82, 2.24) is 0 Å². The van der Waals surface area contributed by atoms with Crippen molar-refractivity contribution in [2.45, 2.75) is 85.2 Å². The van der Waals surface area contributed by atoms with Crippen molar-refractivity contribution in [3.63, 3.8) is 0 Å². The first-order chi connectivity index (χ1) is 15.1. The predicted octanol–water partition coefficient (Wildman–Crippen LogP) is 5.19. The van der Waals surface area contributed by atoms with Crippen LogP contribution in [0.15, 0.2) is 23.3 Å². The van der Waals surface area contributed by atoms with Crippen LogP contribution < -0.4 is 0 Å². The molecule has 0 aromatic rings. The van der Waals surface area contributed by atoms with Gasteiger partial charge in [-0.2, -0.15) is 0 Å². The van der Waals surface area contributed by atoms with E-state index < -0.39 is 5.41 Å². The van der Waals surface area contributed by atoms with Gasteiger partial charge in [0.15, 0.2) is 5.78 Å². The molecule has 5 nitrogen and oxygen atoms in total. The largest absolute Gasteiger partial charge is 0.469 e. The molecule has 0 N–H and O–H groups in total. The Morgan fingerprint density at radius 2 is 1.97 bits per heavy atom. The van der Waals surface area contributed by atoms with Gasteiger partial charge in [0.2, 0.25) is 0 Å². The van der Waals surface area contributed by atoms with Gasteiger partial charge < -0.3 is 9.47 Å². The maximum Gasteiger partial charge on any atom is 0.305 e. The van der Waals surface area contributed by atoms with Crippen LogP contribution in [0, 0.1) is 34.5 Å². The van der Waals surface area contributed by atoms with Crippen LogP contribution in [-0.4, -0.2) is 30.9 Å². The maximum atomic E-state index is 13.7. The summed E-state index contributed by atoms with van der Waals surface area (Å²) >= 11 is 0. The van der Waals surface area contributed by atoms with Gasteiger partial charge in [-0.3, -0.25) is 14.4 Å². The summed E-state index contributed by atoms with van der Waals surface area (Å²) in [7, 11) is 1.42. The van der Waals surface area contributed by atoms with Gasteiger partial charge in [-0.05, 0) is 87.0 Å². The molecule has 0 heterocycles. The average Bonchev–Trinajstić information content (AvgIpc) is 3.11. The summed E-state index contributed by atoms with van der Waals surface area (Å²) in [5.41, 5.74) is 2.15. The molecule has 0 spiro atoms. The van der Waals surface area contributed by atoms with E-state index in [2.05, 4.69) is 26.8 Å². The van der Waals surface area contributed by atoms with Gasteiger partial charge in [0.25, 0.3) is 0 Å². The molecule has 2 fully saturated rings. The van der Waals surface area contributed by atoms with Gasteiger partial charge in [-0.1, -0.05) is 31.1 Å². The summed E-state index contributed by atoms with van der Waals surface area (Å²) < 4.78 is 10.4. The van der Waals surface area contributed by atoms with Crippen LogP contribution in [-0.2, 0) is 23.9 Å². The standard InChI is InChI=1S/C27H38O5/c1-16(6-11-25(30)31-5)21-9-10-22-20-8-7-18-14-19(32-17(2)28)12-13-26(18,3)23(20)15-24(29)27(21,22)4/h9,15-16,18-20,22H,6-8,10-14H2,1-5H3/t16-,18-,19+,20?,22?,26+,27-/m1/s1. The molecule has 4 rings (SSSR count). The number of carbonyl (C=O) groups excluding carboxylic acids is 3. The number of hydrogen-bond acceptors (Lipinski definition) is 5. The highest BCUT2D eigenvalue weighted by Crippen LogP contribution is 2.64. The quantitative estimate of drug-likeness (QED) is 0.433. The lowest BCUT2D eigenvalue weighted by atomic mass is 9.48. The lowest BCUT2D eigenvalue weighted by molar-refractivity contribution is -0.151. The second kappa shape index (κ2) is 8.46. The Balaban J connectivity index is 1.56. The third kappa shape index (κ3) is 3.66. The van der Waals surface area contributed by atoms with Crippen LogP contribution in [0.1, 0.15) is 79.1 Å². The van der Waals surface area contributed by atoms with Crippen LogP contribution >= 0.6 is 0 Å². The first-order valence-corrected chi connectivity index (χ1v) is 12.3. The van der Waals surface area contributed by atoms with E-state index >= 15 is 0 Å². The van der Waals surface area contributed by atoms with Crippen molar-refractivity contribution in [1.29, 1.82) is 0 Å². The minimum Gasteiger partial charge on any atom is -0.469 e. The Morgan fingerprint density at radius 3 is 2.66 bits per heavy atom. The summed E-state index contributed by atoms with van der Waals surface area (Å²) in [6.45, 7) is 8.12. The Bertz CT molecular complexity index is 869. The van der Waals surface area contributed by atoms with Crippen molar-refractivity contribution in [3.05, 3.63) is 23.3 Å². The molecule has 7 atom stereocenters. The maximum absolute atomic E-state index is 13.7. The van der Waals surface area contributed by atoms with E-state index in [1.807, 2.05) is 6.08 Å². The minimum absolute atomic E-state index is 0.0164. The molecule has 5 heteroatoms. The topological polar surface area (TPSA) is 69.7 Å². The van der Waals surface area contributed by atoms with Gasteiger partial charge in [0.05, 0.1) is 12.5 Å². The number of rotatable bonds is 5. The van der Waals surface area contributed by atoms with Crippen LogP contribution in [0.4, 0.5) is 0 Å². The zero-order chi connectivity index (χ0) is 23.3. The Morgan fingerprint density at radius 1 is 1.22 bits per heavy atom. The van der Waals surface area contributed by atoms with E-state index in [0.29, 0.717) is 30.6 Å². The van der Waals surface area contributed by atoms with Crippen LogP contribution in [0.3, 0.4) is 0 Å². The fourth-order valence-corrected chi connectivity index (χ4v) is 7.57. The fourth-order valence-electron chi connectivity index (χ4n) is 7.57. The third-order valence-electron chi connectivity index (χ3n) is 9.41. The summed E-state index contributed by atoms with van der Waals surface area (Å²) in [6.07, 6.45) is 11.4. The van der Waals surface area contributed by atoms with Gasteiger partial charge in [0, 0.05) is 13.3 Å². The van der Waals surface area contributed by atoms with E-state index in [-0.39, 0.29) is 35.2 Å². The number of ether oxygens (including phenoxy) is 2. The highest BCUT2D eigenvalue weighted by atomic mass is 16.5. The van der Waals surface area contributed by atoms with Crippen molar-refractivity contribution in [2.24, 2.45) is 34.5 Å².